The Hall–Kier alpha value is -2.95. The van der Waals surface area contributed by atoms with E-state index in [9.17, 15) is 9.59 Å². The van der Waals surface area contributed by atoms with Crippen LogP contribution in [0.3, 0.4) is 0 Å². The lowest BCUT2D eigenvalue weighted by Gasteiger charge is -2.06. The quantitative estimate of drug-likeness (QED) is 0.673. The van der Waals surface area contributed by atoms with Crippen LogP contribution in [0.15, 0.2) is 41.5 Å². The monoisotopic (exact) mass is 310 g/mol. The van der Waals surface area contributed by atoms with Crippen LogP contribution in [0.25, 0.3) is 0 Å². The van der Waals surface area contributed by atoms with Crippen molar-refractivity contribution in [2.75, 3.05) is 0 Å². The third-order valence-corrected chi connectivity index (χ3v) is 3.49. The van der Waals surface area contributed by atoms with Crippen LogP contribution in [0.1, 0.15) is 43.0 Å². The minimum Gasteiger partial charge on any atom is -0.478 e. The van der Waals surface area contributed by atoms with Gasteiger partial charge < -0.3 is 5.11 Å². The minimum absolute atomic E-state index is 0.135. The number of amides is 1. The van der Waals surface area contributed by atoms with E-state index >= 15 is 0 Å². The molecule has 0 saturated carbocycles. The molecule has 0 radical (unpaired) electrons. The van der Waals surface area contributed by atoms with Crippen LogP contribution < -0.4 is 5.43 Å². The van der Waals surface area contributed by atoms with Crippen LogP contribution in [0.2, 0.25) is 0 Å². The Morgan fingerprint density at radius 1 is 1.00 bits per heavy atom. The highest BCUT2D eigenvalue weighted by atomic mass is 16.4. The first-order valence-corrected chi connectivity index (χ1v) is 7.13. The lowest BCUT2D eigenvalue weighted by molar-refractivity contribution is 0.0696. The minimum atomic E-state index is -1.03. The molecule has 0 aromatic heterocycles. The average Bonchev–Trinajstić information content (AvgIpc) is 2.49. The molecule has 2 aromatic rings. The fourth-order valence-corrected chi connectivity index (χ4v) is 2.38. The summed E-state index contributed by atoms with van der Waals surface area (Å²) in [5.74, 6) is -1.42. The van der Waals surface area contributed by atoms with E-state index in [0.29, 0.717) is 5.56 Å². The molecule has 5 nitrogen and oxygen atoms in total. The van der Waals surface area contributed by atoms with E-state index in [2.05, 4.69) is 22.7 Å². The van der Waals surface area contributed by atoms with Crippen LogP contribution in [0.4, 0.5) is 0 Å². The maximum absolute atomic E-state index is 12.0. The topological polar surface area (TPSA) is 78.8 Å². The molecule has 5 heteroatoms. The highest BCUT2D eigenvalue weighted by Gasteiger charge is 2.07. The second-order valence-corrected chi connectivity index (χ2v) is 5.39. The number of nitrogens with zero attached hydrogens (tertiary/aromatic N) is 1. The SMILES string of the molecule is Cc1cc(C)c(/C=N\NC(=O)c2ccc(C(=O)O)cc2)c(C)c1. The molecule has 2 N–H and O–H groups in total. The molecular formula is C18H18N2O3. The number of hydrogen-bond acceptors (Lipinski definition) is 3. The molecule has 23 heavy (non-hydrogen) atoms. The highest BCUT2D eigenvalue weighted by molar-refractivity contribution is 5.96. The molecule has 0 aliphatic heterocycles. The van der Waals surface area contributed by atoms with Crippen molar-refractivity contribution in [3.8, 4) is 0 Å². The molecule has 2 aromatic carbocycles. The van der Waals surface area contributed by atoms with Gasteiger partial charge in [-0.3, -0.25) is 4.79 Å². The standard InChI is InChI=1S/C18H18N2O3/c1-11-8-12(2)16(13(3)9-11)10-19-20-17(21)14-4-6-15(7-5-14)18(22)23/h4-10H,1-3H3,(H,20,21)(H,22,23)/b19-10-. The number of rotatable bonds is 4. The number of carboxylic acids is 1. The van der Waals surface area contributed by atoms with Gasteiger partial charge in [0.05, 0.1) is 11.8 Å². The van der Waals surface area contributed by atoms with Crippen molar-refractivity contribution >= 4 is 18.1 Å². The van der Waals surface area contributed by atoms with Gasteiger partial charge in [0, 0.05) is 11.1 Å². The largest absolute Gasteiger partial charge is 0.478 e. The molecule has 0 aliphatic rings. The number of nitrogens with one attached hydrogen (secondary N) is 1. The Bertz CT molecular complexity index is 754. The van der Waals surface area contributed by atoms with Crippen LogP contribution in [-0.4, -0.2) is 23.2 Å². The summed E-state index contributed by atoms with van der Waals surface area (Å²) in [7, 11) is 0. The van der Waals surface area contributed by atoms with Gasteiger partial charge >= 0.3 is 5.97 Å². The first-order valence-electron chi connectivity index (χ1n) is 7.13. The van der Waals surface area contributed by atoms with E-state index in [4.69, 9.17) is 5.11 Å². The van der Waals surface area contributed by atoms with Gasteiger partial charge in [-0.1, -0.05) is 17.7 Å². The number of aryl methyl sites for hydroxylation is 3. The summed E-state index contributed by atoms with van der Waals surface area (Å²) in [5.41, 5.74) is 7.26. The summed E-state index contributed by atoms with van der Waals surface area (Å²) in [6.45, 7) is 6.02. The Morgan fingerprint density at radius 2 is 1.52 bits per heavy atom. The molecule has 0 unspecified atom stereocenters. The van der Waals surface area contributed by atoms with E-state index in [-0.39, 0.29) is 11.5 Å². The third kappa shape index (κ3) is 4.03. The van der Waals surface area contributed by atoms with Gasteiger partial charge in [0.2, 0.25) is 0 Å². The molecule has 1 amide bonds. The first kappa shape index (κ1) is 16.4. The number of hydrazone groups is 1. The zero-order chi connectivity index (χ0) is 17.0. The number of hydrogen-bond donors (Lipinski definition) is 2. The van der Waals surface area contributed by atoms with E-state index in [1.165, 1.54) is 29.8 Å². The van der Waals surface area contributed by atoms with E-state index < -0.39 is 5.97 Å². The molecule has 0 saturated heterocycles. The van der Waals surface area contributed by atoms with Gasteiger partial charge in [-0.2, -0.15) is 5.10 Å². The first-order chi connectivity index (χ1) is 10.9. The predicted molar refractivity (Wildman–Crippen MR) is 89.1 cm³/mol. The summed E-state index contributed by atoms with van der Waals surface area (Å²) in [4.78, 5) is 22.7. The lowest BCUT2D eigenvalue weighted by atomic mass is 10.0. The third-order valence-electron chi connectivity index (χ3n) is 3.49. The van der Waals surface area contributed by atoms with Crippen molar-refractivity contribution < 1.29 is 14.7 Å². The Kier molecular flexibility index (Phi) is 4.91. The van der Waals surface area contributed by atoms with Crippen molar-refractivity contribution in [2.45, 2.75) is 20.8 Å². The Morgan fingerprint density at radius 3 is 2.04 bits per heavy atom. The number of carboxylic acid groups (broad SMARTS) is 1. The van der Waals surface area contributed by atoms with Crippen LogP contribution >= 0.6 is 0 Å². The number of carbonyl (C=O) groups excluding carboxylic acids is 1. The second-order valence-electron chi connectivity index (χ2n) is 5.39. The Labute approximate surface area is 134 Å². The van der Waals surface area contributed by atoms with Gasteiger partial charge in [-0.15, -0.1) is 0 Å². The van der Waals surface area contributed by atoms with Crippen LogP contribution in [-0.2, 0) is 0 Å². The summed E-state index contributed by atoms with van der Waals surface area (Å²) in [5, 5.41) is 12.8. The van der Waals surface area contributed by atoms with Gasteiger partial charge in [0.15, 0.2) is 0 Å². The molecule has 2 rings (SSSR count). The van der Waals surface area contributed by atoms with Crippen molar-refractivity contribution in [3.05, 3.63) is 69.8 Å². The van der Waals surface area contributed by atoms with Crippen molar-refractivity contribution in [2.24, 2.45) is 5.10 Å². The zero-order valence-electron chi connectivity index (χ0n) is 13.3. The summed E-state index contributed by atoms with van der Waals surface area (Å²) in [6, 6.07) is 9.79. The van der Waals surface area contributed by atoms with Gasteiger partial charge in [-0.25, -0.2) is 10.2 Å². The van der Waals surface area contributed by atoms with E-state index in [1.54, 1.807) is 6.21 Å². The molecule has 0 bridgehead atoms. The number of carbonyl (C=O) groups is 2. The normalized spacial score (nSPS) is 10.7. The fourth-order valence-electron chi connectivity index (χ4n) is 2.38. The van der Waals surface area contributed by atoms with Gasteiger partial charge in [0.1, 0.15) is 0 Å². The highest BCUT2D eigenvalue weighted by Crippen LogP contribution is 2.14. The summed E-state index contributed by atoms with van der Waals surface area (Å²) >= 11 is 0. The van der Waals surface area contributed by atoms with Gasteiger partial charge in [-0.05, 0) is 56.2 Å². The molecule has 0 atom stereocenters. The predicted octanol–water partition coefficient (Wildman–Crippen LogP) is 3.07. The summed E-state index contributed by atoms with van der Waals surface area (Å²) in [6.07, 6.45) is 1.62. The Balaban J connectivity index is 2.08. The lowest BCUT2D eigenvalue weighted by Crippen LogP contribution is -2.17. The van der Waals surface area contributed by atoms with E-state index in [1.807, 2.05) is 20.8 Å². The van der Waals surface area contributed by atoms with Crippen molar-refractivity contribution in [3.63, 3.8) is 0 Å². The molecule has 0 heterocycles. The van der Waals surface area contributed by atoms with E-state index in [0.717, 1.165) is 16.7 Å². The van der Waals surface area contributed by atoms with Crippen LogP contribution in [0.5, 0.6) is 0 Å². The smallest absolute Gasteiger partial charge is 0.335 e. The van der Waals surface area contributed by atoms with Gasteiger partial charge in [0.25, 0.3) is 5.91 Å². The summed E-state index contributed by atoms with van der Waals surface area (Å²) < 4.78 is 0. The number of benzene rings is 2. The molecular weight excluding hydrogens is 292 g/mol. The molecule has 118 valence electrons. The zero-order valence-corrected chi connectivity index (χ0v) is 13.3. The maximum Gasteiger partial charge on any atom is 0.335 e. The fraction of sp³-hybridized carbons (Fsp3) is 0.167. The maximum atomic E-state index is 12.0. The second kappa shape index (κ2) is 6.87. The molecule has 0 fully saturated rings. The molecule has 0 aliphatic carbocycles. The van der Waals surface area contributed by atoms with Crippen molar-refractivity contribution in [1.29, 1.82) is 0 Å². The molecule has 0 spiro atoms. The average molecular weight is 310 g/mol. The van der Waals surface area contributed by atoms with Crippen molar-refractivity contribution in [1.82, 2.24) is 5.43 Å². The number of aromatic carboxylic acids is 1. The van der Waals surface area contributed by atoms with Crippen LogP contribution in [0, 0.1) is 20.8 Å².